The Morgan fingerprint density at radius 2 is 1.69 bits per heavy atom. The number of oxime groups is 1. The summed E-state index contributed by atoms with van der Waals surface area (Å²) in [5.41, 5.74) is -2.50. The van der Waals surface area contributed by atoms with Crippen LogP contribution in [-0.4, -0.2) is 23.5 Å². The zero-order valence-corrected chi connectivity index (χ0v) is 19.8. The van der Waals surface area contributed by atoms with Gasteiger partial charge in [0.05, 0.1) is 26.3 Å². The van der Waals surface area contributed by atoms with Gasteiger partial charge in [0.2, 0.25) is 0 Å². The Morgan fingerprint density at radius 1 is 1.09 bits per heavy atom. The van der Waals surface area contributed by atoms with E-state index < -0.39 is 29.8 Å². The van der Waals surface area contributed by atoms with Crippen LogP contribution in [0.25, 0.3) is 0 Å². The minimum absolute atomic E-state index is 0.0538. The highest BCUT2D eigenvalue weighted by molar-refractivity contribution is 6.48. The smallest absolute Gasteiger partial charge is 0.435 e. The predicted octanol–water partition coefficient (Wildman–Crippen LogP) is 7.49. The molecule has 2 aromatic carbocycles. The highest BCUT2D eigenvalue weighted by Crippen LogP contribution is 2.50. The molecule has 0 saturated carbocycles. The number of esters is 1. The molecule has 1 atom stereocenters. The lowest BCUT2D eigenvalue weighted by atomic mass is 9.86. The molecule has 0 radical (unpaired) electrons. The predicted molar refractivity (Wildman–Crippen MR) is 118 cm³/mol. The van der Waals surface area contributed by atoms with Crippen LogP contribution in [0.5, 0.6) is 0 Å². The van der Waals surface area contributed by atoms with Crippen LogP contribution in [0.4, 0.5) is 13.2 Å². The zero-order chi connectivity index (χ0) is 24.1. The summed E-state index contributed by atoms with van der Waals surface area (Å²) in [5.74, 6) is -0.527. The molecule has 1 aliphatic rings. The van der Waals surface area contributed by atoms with Crippen molar-refractivity contribution in [3.63, 3.8) is 0 Å². The normalized spacial score (nSPS) is 18.9. The van der Waals surface area contributed by atoms with Crippen LogP contribution in [-0.2, 0) is 15.2 Å². The summed E-state index contributed by atoms with van der Waals surface area (Å²) in [7, 11) is 0. The summed E-state index contributed by atoms with van der Waals surface area (Å²) >= 11 is 17.8. The molecular formula is C22H19Cl3F3NO3. The van der Waals surface area contributed by atoms with Gasteiger partial charge in [-0.3, -0.25) is 0 Å². The van der Waals surface area contributed by atoms with Gasteiger partial charge in [0, 0.05) is 12.0 Å². The van der Waals surface area contributed by atoms with E-state index in [1.54, 1.807) is 33.8 Å². The monoisotopic (exact) mass is 507 g/mol. The van der Waals surface area contributed by atoms with Crippen LogP contribution in [0.2, 0.25) is 15.1 Å². The molecule has 1 heterocycles. The van der Waals surface area contributed by atoms with E-state index in [4.69, 9.17) is 44.4 Å². The maximum Gasteiger partial charge on any atom is 0.435 e. The molecule has 0 amide bonds. The van der Waals surface area contributed by atoms with Gasteiger partial charge in [-0.25, -0.2) is 4.79 Å². The fourth-order valence-electron chi connectivity index (χ4n) is 3.25. The Kier molecular flexibility index (Phi) is 6.50. The van der Waals surface area contributed by atoms with Gasteiger partial charge in [0.25, 0.3) is 5.60 Å². The van der Waals surface area contributed by atoms with Crippen LogP contribution < -0.4 is 0 Å². The molecular weight excluding hydrogens is 490 g/mol. The maximum atomic E-state index is 14.2. The molecule has 0 unspecified atom stereocenters. The van der Waals surface area contributed by atoms with Crippen molar-refractivity contribution in [2.24, 2.45) is 5.16 Å². The lowest BCUT2D eigenvalue weighted by Gasteiger charge is -2.30. The van der Waals surface area contributed by atoms with Crippen molar-refractivity contribution in [1.82, 2.24) is 0 Å². The third-order valence-corrected chi connectivity index (χ3v) is 6.01. The first-order valence-corrected chi connectivity index (χ1v) is 10.6. The number of rotatable bonds is 3. The average Bonchev–Trinajstić information content (AvgIpc) is 3.11. The quantitative estimate of drug-likeness (QED) is 0.319. The van der Waals surface area contributed by atoms with Crippen LogP contribution in [0.1, 0.15) is 54.2 Å². The minimum atomic E-state index is -4.83. The molecule has 0 saturated heterocycles. The summed E-state index contributed by atoms with van der Waals surface area (Å²) in [4.78, 5) is 17.4. The molecule has 0 aliphatic carbocycles. The fourth-order valence-corrected chi connectivity index (χ4v) is 3.85. The van der Waals surface area contributed by atoms with Gasteiger partial charge in [0.1, 0.15) is 5.60 Å². The molecule has 0 N–H and O–H groups in total. The molecule has 10 heteroatoms. The Labute approximate surface area is 198 Å². The highest BCUT2D eigenvalue weighted by atomic mass is 35.5. The number of carbonyl (C=O) groups is 1. The minimum Gasteiger partial charge on any atom is -0.456 e. The maximum absolute atomic E-state index is 14.2. The van der Waals surface area contributed by atoms with E-state index in [1.165, 1.54) is 12.1 Å². The van der Waals surface area contributed by atoms with Gasteiger partial charge in [-0.15, -0.1) is 0 Å². The Balaban J connectivity index is 1.96. The molecule has 0 aromatic heterocycles. The number of ether oxygens (including phenoxy) is 1. The van der Waals surface area contributed by atoms with E-state index in [2.05, 4.69) is 5.16 Å². The van der Waals surface area contributed by atoms with Crippen molar-refractivity contribution in [3.8, 4) is 0 Å². The molecule has 0 fully saturated rings. The van der Waals surface area contributed by atoms with Gasteiger partial charge in [-0.1, -0.05) is 46.0 Å². The van der Waals surface area contributed by atoms with E-state index >= 15 is 0 Å². The number of benzene rings is 2. The van der Waals surface area contributed by atoms with Crippen LogP contribution >= 0.6 is 34.8 Å². The van der Waals surface area contributed by atoms with E-state index in [0.717, 1.165) is 12.1 Å². The fraction of sp³-hybridized carbons (Fsp3) is 0.364. The zero-order valence-electron chi connectivity index (χ0n) is 17.5. The van der Waals surface area contributed by atoms with Crippen LogP contribution in [0, 0.1) is 6.92 Å². The number of carbonyl (C=O) groups excluding carboxylic acids is 1. The lowest BCUT2D eigenvalue weighted by molar-refractivity contribution is -0.275. The first kappa shape index (κ1) is 24.7. The second-order valence-electron chi connectivity index (χ2n) is 8.42. The van der Waals surface area contributed by atoms with Crippen LogP contribution in [0.15, 0.2) is 35.5 Å². The number of alkyl halides is 3. The summed E-state index contributed by atoms with van der Waals surface area (Å²) in [6, 6.07) is 6.69. The van der Waals surface area contributed by atoms with Crippen molar-refractivity contribution in [3.05, 3.63) is 67.7 Å². The van der Waals surface area contributed by atoms with Crippen molar-refractivity contribution in [2.45, 2.75) is 51.5 Å². The van der Waals surface area contributed by atoms with Crippen molar-refractivity contribution in [1.29, 1.82) is 0 Å². The first-order chi connectivity index (χ1) is 14.6. The number of hydrogen-bond donors (Lipinski definition) is 0. The van der Waals surface area contributed by atoms with Crippen LogP contribution in [0.3, 0.4) is 0 Å². The third-order valence-electron chi connectivity index (χ3n) is 4.81. The molecule has 172 valence electrons. The highest BCUT2D eigenvalue weighted by Gasteiger charge is 2.62. The van der Waals surface area contributed by atoms with Crippen molar-refractivity contribution < 1.29 is 27.5 Å². The Morgan fingerprint density at radius 3 is 2.19 bits per heavy atom. The average molecular weight is 509 g/mol. The largest absolute Gasteiger partial charge is 0.456 e. The molecule has 1 aliphatic heterocycles. The molecule has 0 bridgehead atoms. The van der Waals surface area contributed by atoms with E-state index in [0.29, 0.717) is 16.7 Å². The number of nitrogens with zero attached hydrogens (tertiary/aromatic N) is 1. The summed E-state index contributed by atoms with van der Waals surface area (Å²) in [5, 5.41) is 3.40. The van der Waals surface area contributed by atoms with Gasteiger partial charge < -0.3 is 9.57 Å². The summed E-state index contributed by atoms with van der Waals surface area (Å²) < 4.78 is 47.9. The van der Waals surface area contributed by atoms with Crippen molar-refractivity contribution >= 4 is 46.5 Å². The van der Waals surface area contributed by atoms with Gasteiger partial charge in [-0.2, -0.15) is 13.2 Å². The lowest BCUT2D eigenvalue weighted by Crippen LogP contribution is -2.42. The van der Waals surface area contributed by atoms with Gasteiger partial charge in [-0.05, 0) is 63.1 Å². The Hall–Kier alpha value is -1.96. The summed E-state index contributed by atoms with van der Waals surface area (Å²) in [6.07, 6.45) is -5.44. The number of hydrogen-bond acceptors (Lipinski definition) is 4. The Bertz CT molecular complexity index is 1090. The number of halogens is 6. The van der Waals surface area contributed by atoms with Gasteiger partial charge >= 0.3 is 12.1 Å². The molecule has 32 heavy (non-hydrogen) atoms. The van der Waals surface area contributed by atoms with E-state index in [1.807, 2.05) is 0 Å². The second-order valence-corrected chi connectivity index (χ2v) is 9.61. The molecule has 4 nitrogen and oxygen atoms in total. The summed E-state index contributed by atoms with van der Waals surface area (Å²) in [6.45, 7) is 6.89. The van der Waals surface area contributed by atoms with E-state index in [-0.39, 0.29) is 26.3 Å². The van der Waals surface area contributed by atoms with Gasteiger partial charge in [0.15, 0.2) is 0 Å². The third kappa shape index (κ3) is 4.70. The number of aryl methyl sites for hydroxylation is 1. The molecule has 0 spiro atoms. The SMILES string of the molecule is Cc1cc(C2=NO[C@@](c3cc(Cl)c(Cl)c(Cl)c3)(C(F)(F)F)C2)ccc1C(=O)OC(C)(C)C. The van der Waals surface area contributed by atoms with Crippen molar-refractivity contribution in [2.75, 3.05) is 0 Å². The topological polar surface area (TPSA) is 47.9 Å². The standard InChI is InChI=1S/C22H19Cl3F3NO3/c1-11-7-12(5-6-14(11)19(30)31-20(2,3)4)17-10-21(32-29-17,22(26,27)28)13-8-15(23)18(25)16(24)9-13/h5-9H,10H2,1-4H3/t21-/m0/s1. The second kappa shape index (κ2) is 8.43. The molecule has 3 rings (SSSR count). The van der Waals surface area contributed by atoms with E-state index in [9.17, 15) is 18.0 Å². The first-order valence-electron chi connectivity index (χ1n) is 9.46. The molecule has 2 aromatic rings.